The number of aromatic nitrogens is 1. The highest BCUT2D eigenvalue weighted by atomic mass is 32.1. The van der Waals surface area contributed by atoms with Crippen molar-refractivity contribution in [3.05, 3.63) is 99.1 Å². The van der Waals surface area contributed by atoms with Gasteiger partial charge in [-0.05, 0) is 58.2 Å². The number of ketones is 1. The number of nitrogens with one attached hydrogen (secondary N) is 1. The highest BCUT2D eigenvalue weighted by molar-refractivity contribution is 7.12. The van der Waals surface area contributed by atoms with E-state index >= 15 is 0 Å². The van der Waals surface area contributed by atoms with Gasteiger partial charge < -0.3 is 19.7 Å². The number of hydrogen-bond donors (Lipinski definition) is 2. The van der Waals surface area contributed by atoms with Crippen molar-refractivity contribution in [3.63, 3.8) is 0 Å². The molecule has 0 saturated heterocycles. The van der Waals surface area contributed by atoms with E-state index in [4.69, 9.17) is 4.74 Å². The van der Waals surface area contributed by atoms with Crippen molar-refractivity contribution in [1.29, 1.82) is 0 Å². The highest BCUT2D eigenvalue weighted by Gasteiger charge is 2.43. The summed E-state index contributed by atoms with van der Waals surface area (Å²) in [6.07, 6.45) is 2.48. The van der Waals surface area contributed by atoms with Crippen molar-refractivity contribution in [1.82, 2.24) is 9.88 Å². The van der Waals surface area contributed by atoms with E-state index < -0.39 is 17.7 Å². The molecule has 1 aliphatic heterocycles. The lowest BCUT2D eigenvalue weighted by molar-refractivity contribution is -0.129. The van der Waals surface area contributed by atoms with Gasteiger partial charge in [0.05, 0.1) is 23.6 Å². The van der Waals surface area contributed by atoms with Crippen molar-refractivity contribution in [2.24, 2.45) is 0 Å². The van der Waals surface area contributed by atoms with Crippen LogP contribution in [0, 0.1) is 0 Å². The maximum Gasteiger partial charge on any atom is 0.290 e. The second-order valence-electron chi connectivity index (χ2n) is 10.3. The van der Waals surface area contributed by atoms with Crippen LogP contribution in [-0.4, -0.2) is 40.3 Å². The summed E-state index contributed by atoms with van der Waals surface area (Å²) in [7, 11) is 1.63. The molecular weight excluding hydrogens is 484 g/mol. The van der Waals surface area contributed by atoms with Gasteiger partial charge in [0.1, 0.15) is 5.75 Å². The monoisotopic (exact) mass is 514 g/mol. The van der Waals surface area contributed by atoms with Crippen LogP contribution in [0.15, 0.2) is 77.5 Å². The molecule has 1 aliphatic rings. The molecule has 0 fully saturated rings. The lowest BCUT2D eigenvalue weighted by Crippen LogP contribution is -2.33. The molecule has 0 saturated carbocycles. The van der Waals surface area contributed by atoms with Gasteiger partial charge >= 0.3 is 0 Å². The first-order valence-electron chi connectivity index (χ1n) is 12.3. The molecule has 2 aromatic heterocycles. The first-order valence-corrected chi connectivity index (χ1v) is 13.1. The van der Waals surface area contributed by atoms with Crippen LogP contribution >= 0.6 is 11.3 Å². The molecule has 1 unspecified atom stereocenters. The summed E-state index contributed by atoms with van der Waals surface area (Å²) in [5, 5.41) is 13.8. The minimum atomic E-state index is -0.670. The smallest absolute Gasteiger partial charge is 0.290 e. The molecule has 6 nitrogen and oxygen atoms in total. The average molecular weight is 515 g/mol. The fourth-order valence-electron chi connectivity index (χ4n) is 4.90. The van der Waals surface area contributed by atoms with Gasteiger partial charge in [0.15, 0.2) is 5.76 Å². The number of rotatable bonds is 7. The van der Waals surface area contributed by atoms with E-state index in [0.717, 1.165) is 33.3 Å². The quantitative estimate of drug-likeness (QED) is 0.281. The van der Waals surface area contributed by atoms with Gasteiger partial charge in [0.2, 0.25) is 5.78 Å². The van der Waals surface area contributed by atoms with E-state index in [1.165, 1.54) is 11.3 Å². The number of aliphatic hydroxyl groups is 1. The normalized spacial score (nSPS) is 16.2. The predicted molar refractivity (Wildman–Crippen MR) is 146 cm³/mol. The third-order valence-electron chi connectivity index (χ3n) is 6.98. The number of amides is 1. The van der Waals surface area contributed by atoms with Gasteiger partial charge in [-0.25, -0.2) is 0 Å². The molecule has 190 valence electrons. The summed E-state index contributed by atoms with van der Waals surface area (Å²) < 4.78 is 5.39. The van der Waals surface area contributed by atoms with Crippen molar-refractivity contribution >= 4 is 33.9 Å². The van der Waals surface area contributed by atoms with Crippen molar-refractivity contribution < 1.29 is 19.4 Å². The van der Waals surface area contributed by atoms with Crippen molar-refractivity contribution in [2.45, 2.75) is 38.6 Å². The van der Waals surface area contributed by atoms with Gasteiger partial charge in [-0.15, -0.1) is 11.3 Å². The Morgan fingerprint density at radius 2 is 1.89 bits per heavy atom. The molecule has 3 heterocycles. The van der Waals surface area contributed by atoms with Crippen LogP contribution in [0.25, 0.3) is 10.9 Å². The Morgan fingerprint density at radius 3 is 2.54 bits per heavy atom. The molecule has 5 rings (SSSR count). The van der Waals surface area contributed by atoms with Crippen molar-refractivity contribution in [3.8, 4) is 5.75 Å². The number of nitrogens with zero attached hydrogens (tertiary/aromatic N) is 1. The average Bonchev–Trinajstić information content (AvgIpc) is 3.61. The van der Waals surface area contributed by atoms with Gasteiger partial charge in [-0.3, -0.25) is 9.59 Å². The van der Waals surface area contributed by atoms with Crippen molar-refractivity contribution in [2.75, 3.05) is 13.7 Å². The molecule has 7 heteroatoms. The minimum Gasteiger partial charge on any atom is -0.503 e. The highest BCUT2D eigenvalue weighted by Crippen LogP contribution is 2.40. The van der Waals surface area contributed by atoms with Crippen LogP contribution in [0.5, 0.6) is 5.75 Å². The third-order valence-corrected chi connectivity index (χ3v) is 7.85. The lowest BCUT2D eigenvalue weighted by Gasteiger charge is -2.27. The second-order valence-corrected chi connectivity index (χ2v) is 11.3. The fraction of sp³-hybridized carbons (Fsp3) is 0.267. The Labute approximate surface area is 220 Å². The topological polar surface area (TPSA) is 82.6 Å². The number of methoxy groups -OCH3 is 1. The molecule has 0 bridgehead atoms. The van der Waals surface area contributed by atoms with Crippen LogP contribution < -0.4 is 4.74 Å². The van der Waals surface area contributed by atoms with E-state index in [-0.39, 0.29) is 16.8 Å². The van der Waals surface area contributed by atoms with E-state index in [1.807, 2.05) is 54.0 Å². The summed E-state index contributed by atoms with van der Waals surface area (Å²) in [5.74, 6) is -0.554. The molecule has 2 aromatic carbocycles. The molecule has 2 N–H and O–H groups in total. The largest absolute Gasteiger partial charge is 0.503 e. The molecular formula is C30H30N2O4S. The Balaban J connectivity index is 1.51. The number of Topliss-reactive ketones (excluding diaryl/α,β-unsaturated/α-hetero) is 1. The fourth-order valence-corrected chi connectivity index (χ4v) is 5.58. The van der Waals surface area contributed by atoms with Gasteiger partial charge in [-0.1, -0.05) is 51.1 Å². The number of ether oxygens (including phenoxy) is 1. The van der Waals surface area contributed by atoms with Crippen LogP contribution in [0.1, 0.15) is 53.2 Å². The zero-order valence-electron chi connectivity index (χ0n) is 21.4. The van der Waals surface area contributed by atoms with E-state index in [1.54, 1.807) is 24.1 Å². The van der Waals surface area contributed by atoms with Crippen LogP contribution in [0.2, 0.25) is 0 Å². The number of H-pyrrole nitrogens is 1. The first kappa shape index (κ1) is 24.8. The Bertz CT molecular complexity index is 1490. The number of aromatic amines is 1. The van der Waals surface area contributed by atoms with Crippen LogP contribution in [0.3, 0.4) is 0 Å². The van der Waals surface area contributed by atoms with E-state index in [0.29, 0.717) is 17.8 Å². The zero-order chi connectivity index (χ0) is 26.3. The molecule has 0 spiro atoms. The Kier molecular flexibility index (Phi) is 6.42. The van der Waals surface area contributed by atoms with Crippen LogP contribution in [-0.2, 0) is 16.6 Å². The number of hydrogen-bond acceptors (Lipinski definition) is 5. The lowest BCUT2D eigenvalue weighted by atomic mass is 9.85. The SMILES string of the molecule is COc1ccc2[nH]cc(CCN3C(=O)C(O)=C(C(=O)c4cccs4)C3c3ccc(C(C)(C)C)cc3)c2c1. The second kappa shape index (κ2) is 9.56. The maximum atomic E-state index is 13.5. The zero-order valence-corrected chi connectivity index (χ0v) is 22.2. The van der Waals surface area contributed by atoms with Crippen LogP contribution in [0.4, 0.5) is 0 Å². The number of aliphatic hydroxyl groups excluding tert-OH is 1. The number of thiophene rings is 1. The van der Waals surface area contributed by atoms with Gasteiger partial charge in [0, 0.05) is 23.6 Å². The molecule has 0 aliphatic carbocycles. The summed E-state index contributed by atoms with van der Waals surface area (Å²) in [4.78, 5) is 32.2. The third kappa shape index (κ3) is 4.55. The Hall–Kier alpha value is -3.84. The standard InChI is InChI=1S/C30H30N2O4S/c1-30(2,3)20-9-7-18(8-10-20)26-25(27(33)24-6-5-15-37-24)28(34)29(35)32(26)14-13-19-17-31-23-12-11-21(36-4)16-22(19)23/h5-12,15-17,26,31,34H,13-14H2,1-4H3. The number of carbonyl (C=O) groups is 2. The molecule has 1 amide bonds. The minimum absolute atomic E-state index is 0.0340. The van der Waals surface area contributed by atoms with E-state index in [2.05, 4.69) is 25.8 Å². The van der Waals surface area contributed by atoms with Gasteiger partial charge in [0.25, 0.3) is 5.91 Å². The van der Waals surface area contributed by atoms with Gasteiger partial charge in [-0.2, -0.15) is 0 Å². The number of carbonyl (C=O) groups excluding carboxylic acids is 2. The summed E-state index contributed by atoms with van der Waals surface area (Å²) >= 11 is 1.30. The molecule has 0 radical (unpaired) electrons. The summed E-state index contributed by atoms with van der Waals surface area (Å²) in [6.45, 7) is 6.75. The maximum absolute atomic E-state index is 13.5. The summed E-state index contributed by atoms with van der Waals surface area (Å²) in [6, 6.07) is 16.7. The summed E-state index contributed by atoms with van der Waals surface area (Å²) in [5.41, 5.74) is 4.06. The van der Waals surface area contributed by atoms with E-state index in [9.17, 15) is 14.7 Å². The molecule has 37 heavy (non-hydrogen) atoms. The number of fused-ring (bicyclic) bond motifs is 1. The molecule has 1 atom stereocenters. The molecule has 4 aromatic rings. The predicted octanol–water partition coefficient (Wildman–Crippen LogP) is 6.36. The Morgan fingerprint density at radius 1 is 1.14 bits per heavy atom. The number of benzene rings is 2. The first-order chi connectivity index (χ1) is 17.7.